The van der Waals surface area contributed by atoms with Crippen molar-refractivity contribution in [2.24, 2.45) is 17.0 Å². The van der Waals surface area contributed by atoms with E-state index in [4.69, 9.17) is 11.6 Å². The molecule has 0 bridgehead atoms. The fourth-order valence-corrected chi connectivity index (χ4v) is 3.79. The zero-order valence-corrected chi connectivity index (χ0v) is 21.8. The van der Waals surface area contributed by atoms with Gasteiger partial charge in [-0.05, 0) is 61.3 Å². The predicted octanol–water partition coefficient (Wildman–Crippen LogP) is 5.20. The second-order valence-electron chi connectivity index (χ2n) is 8.20. The molecule has 1 aromatic heterocycles. The maximum absolute atomic E-state index is 14.4. The molecule has 36 heavy (non-hydrogen) atoms. The number of carbonyl (C=O) groups is 1. The van der Waals surface area contributed by atoms with Crippen LogP contribution in [0.1, 0.15) is 29.4 Å². The van der Waals surface area contributed by atoms with Crippen LogP contribution in [-0.4, -0.2) is 49.7 Å². The number of rotatable bonds is 7. The largest absolute Gasteiger partial charge is 0.329 e. The lowest BCUT2D eigenvalue weighted by atomic mass is 10.0. The van der Waals surface area contributed by atoms with Gasteiger partial charge in [0.1, 0.15) is 12.1 Å². The molecule has 0 atom stereocenters. The van der Waals surface area contributed by atoms with E-state index in [2.05, 4.69) is 26.6 Å². The lowest BCUT2D eigenvalue weighted by Crippen LogP contribution is -2.39. The average Bonchev–Trinajstić information content (AvgIpc) is 3.27. The summed E-state index contributed by atoms with van der Waals surface area (Å²) < 4.78 is 15.9. The van der Waals surface area contributed by atoms with Crippen molar-refractivity contribution >= 4 is 29.7 Å². The van der Waals surface area contributed by atoms with Crippen molar-refractivity contribution in [3.8, 4) is 0 Å². The number of benzene rings is 1. The van der Waals surface area contributed by atoms with Gasteiger partial charge < -0.3 is 0 Å². The minimum absolute atomic E-state index is 0.0815. The van der Waals surface area contributed by atoms with Crippen LogP contribution in [0.25, 0.3) is 0 Å². The van der Waals surface area contributed by atoms with Crippen LogP contribution in [0.15, 0.2) is 75.8 Å². The normalized spacial score (nSPS) is 15.9. The van der Waals surface area contributed by atoms with E-state index in [0.717, 1.165) is 16.8 Å². The molecule has 0 aliphatic heterocycles. The Morgan fingerprint density at radius 1 is 1.22 bits per heavy atom. The summed E-state index contributed by atoms with van der Waals surface area (Å²) in [5, 5.41) is 4.62. The highest BCUT2D eigenvalue weighted by Gasteiger charge is 2.22. The molecular formula is C26H29ClFN7O. The Bertz CT molecular complexity index is 1320. The first-order valence-electron chi connectivity index (χ1n) is 11.2. The number of hydrogen-bond acceptors (Lipinski definition) is 5. The van der Waals surface area contributed by atoms with Crippen molar-refractivity contribution in [3.63, 3.8) is 0 Å². The zero-order chi connectivity index (χ0) is 26.4. The van der Waals surface area contributed by atoms with Crippen LogP contribution in [0, 0.1) is 19.7 Å². The van der Waals surface area contributed by atoms with Crippen molar-refractivity contribution in [2.75, 3.05) is 7.05 Å². The number of carbonyl (C=O) groups excluding carboxylic acids is 1. The number of hydrogen-bond donors (Lipinski definition) is 0. The third-order valence-corrected chi connectivity index (χ3v) is 5.92. The van der Waals surface area contributed by atoms with Crippen LogP contribution in [-0.2, 0) is 20.1 Å². The number of allylic oxidation sites excluding steroid dienone is 5. The van der Waals surface area contributed by atoms with E-state index >= 15 is 0 Å². The fraction of sp³-hybridized carbons (Fsp3) is 0.269. The van der Waals surface area contributed by atoms with Crippen molar-refractivity contribution in [2.45, 2.75) is 33.9 Å². The summed E-state index contributed by atoms with van der Waals surface area (Å²) in [5.41, 5.74) is 4.10. The van der Waals surface area contributed by atoms with Gasteiger partial charge in [-0.2, -0.15) is 5.10 Å². The van der Waals surface area contributed by atoms with E-state index in [0.29, 0.717) is 27.7 Å². The lowest BCUT2D eigenvalue weighted by Gasteiger charge is -2.25. The number of aryl methyl sites for hydroxylation is 3. The van der Waals surface area contributed by atoms with Crippen LogP contribution in [0.3, 0.4) is 0 Å². The maximum atomic E-state index is 14.4. The van der Waals surface area contributed by atoms with Gasteiger partial charge >= 0.3 is 6.03 Å². The Hall–Kier alpha value is -3.85. The van der Waals surface area contributed by atoms with Crippen LogP contribution in [0.2, 0.25) is 0 Å². The molecule has 0 saturated heterocycles. The summed E-state index contributed by atoms with van der Waals surface area (Å²) in [6.07, 6.45) is 9.76. The third-order valence-electron chi connectivity index (χ3n) is 5.61. The van der Waals surface area contributed by atoms with Crippen LogP contribution in [0.5, 0.6) is 0 Å². The van der Waals surface area contributed by atoms with Crippen LogP contribution < -0.4 is 0 Å². The van der Waals surface area contributed by atoms with Crippen LogP contribution >= 0.6 is 11.6 Å². The van der Waals surface area contributed by atoms with Crippen molar-refractivity contribution in [1.29, 1.82) is 0 Å². The van der Waals surface area contributed by atoms with E-state index < -0.39 is 6.03 Å². The standard InChI is InChI=1S/C26H29ClFN7O/c1-7-19-11-24(21(27)12-23(19)29-5)30-16-35(13-20-10-22(28)18(4)9-17(20)3)26(36)34(8-2)14-25-31-15-33(6)32-25/h7-12,15-16H,2,13-14H2,1,3-6H3/b19-7-,29-23?,30-16?. The summed E-state index contributed by atoms with van der Waals surface area (Å²) in [5.74, 6) is 0.105. The summed E-state index contributed by atoms with van der Waals surface area (Å²) in [4.78, 5) is 29.2. The number of urea groups is 1. The highest BCUT2D eigenvalue weighted by atomic mass is 35.5. The van der Waals surface area contributed by atoms with E-state index in [-0.39, 0.29) is 18.9 Å². The van der Waals surface area contributed by atoms with E-state index in [1.807, 2.05) is 19.9 Å². The smallest absolute Gasteiger partial charge is 0.294 e. The fourth-order valence-electron chi connectivity index (χ4n) is 3.59. The molecule has 0 fully saturated rings. The molecule has 188 valence electrons. The highest BCUT2D eigenvalue weighted by molar-refractivity contribution is 6.35. The van der Waals surface area contributed by atoms with Gasteiger partial charge in [-0.3, -0.25) is 19.5 Å². The number of nitrogens with zero attached hydrogens (tertiary/aromatic N) is 7. The SMILES string of the molecule is C=CN(Cc1ncn(C)n1)C(=O)N(C=NC1=C/C(=C/C)C(=NC)C=C1Cl)Cc1cc(F)c(C)cc1C. The first-order chi connectivity index (χ1) is 17.2. The van der Waals surface area contributed by atoms with Gasteiger partial charge in [-0.15, -0.1) is 0 Å². The summed E-state index contributed by atoms with van der Waals surface area (Å²) >= 11 is 6.44. The Labute approximate surface area is 215 Å². The Kier molecular flexibility index (Phi) is 8.71. The molecule has 0 saturated carbocycles. The van der Waals surface area contributed by atoms with E-state index in [1.54, 1.807) is 50.2 Å². The molecule has 1 aliphatic rings. The second-order valence-corrected chi connectivity index (χ2v) is 8.61. The average molecular weight is 510 g/mol. The zero-order valence-electron chi connectivity index (χ0n) is 21.0. The van der Waals surface area contributed by atoms with Gasteiger partial charge in [-0.1, -0.05) is 30.3 Å². The molecule has 1 aliphatic carbocycles. The molecule has 3 rings (SSSR count). The Morgan fingerprint density at radius 2 is 1.97 bits per heavy atom. The second kappa shape index (κ2) is 11.7. The minimum Gasteiger partial charge on any atom is -0.294 e. The molecule has 0 unspecified atom stereocenters. The Balaban J connectivity index is 1.97. The summed E-state index contributed by atoms with van der Waals surface area (Å²) in [7, 11) is 3.43. The van der Waals surface area contributed by atoms with E-state index in [1.165, 1.54) is 28.4 Å². The predicted molar refractivity (Wildman–Crippen MR) is 141 cm³/mol. The van der Waals surface area contributed by atoms with Gasteiger partial charge in [0.05, 0.1) is 35.9 Å². The van der Waals surface area contributed by atoms with Crippen molar-refractivity contribution in [1.82, 2.24) is 24.6 Å². The van der Waals surface area contributed by atoms with E-state index in [9.17, 15) is 9.18 Å². The minimum atomic E-state index is -0.430. The van der Waals surface area contributed by atoms with Gasteiger partial charge in [0.25, 0.3) is 0 Å². The molecule has 1 heterocycles. The molecule has 0 N–H and O–H groups in total. The number of aromatic nitrogens is 3. The van der Waals surface area contributed by atoms with Gasteiger partial charge in [0.2, 0.25) is 0 Å². The van der Waals surface area contributed by atoms with Gasteiger partial charge in [-0.25, -0.2) is 19.2 Å². The highest BCUT2D eigenvalue weighted by Crippen LogP contribution is 2.25. The molecule has 2 aromatic rings. The summed E-state index contributed by atoms with van der Waals surface area (Å²) in [6.45, 7) is 9.42. The van der Waals surface area contributed by atoms with Crippen LogP contribution in [0.4, 0.5) is 9.18 Å². The number of halogens is 2. The maximum Gasteiger partial charge on any atom is 0.329 e. The monoisotopic (exact) mass is 509 g/mol. The Morgan fingerprint density at radius 3 is 2.58 bits per heavy atom. The topological polar surface area (TPSA) is 79.0 Å². The molecule has 1 aromatic carbocycles. The summed E-state index contributed by atoms with van der Waals surface area (Å²) in [6, 6.07) is 2.76. The van der Waals surface area contributed by atoms with Crippen molar-refractivity contribution < 1.29 is 9.18 Å². The lowest BCUT2D eigenvalue weighted by molar-refractivity contribution is 0.189. The number of amides is 2. The van der Waals surface area contributed by atoms with Gasteiger partial charge in [0, 0.05) is 20.3 Å². The molecule has 0 radical (unpaired) electrons. The first-order valence-corrected chi connectivity index (χ1v) is 11.6. The third kappa shape index (κ3) is 6.23. The molecular weight excluding hydrogens is 481 g/mol. The molecule has 10 heteroatoms. The van der Waals surface area contributed by atoms with Crippen molar-refractivity contribution in [3.05, 3.63) is 94.1 Å². The molecule has 8 nitrogen and oxygen atoms in total. The van der Waals surface area contributed by atoms with Gasteiger partial charge in [0.15, 0.2) is 5.82 Å². The number of aliphatic imine (C=N–C) groups is 2. The molecule has 0 spiro atoms. The quantitative estimate of drug-likeness (QED) is 0.380. The molecule has 2 amide bonds. The first kappa shape index (κ1) is 26.7.